The van der Waals surface area contributed by atoms with Gasteiger partial charge in [-0.05, 0) is 54.8 Å². The number of thioether (sulfide) groups is 1. The van der Waals surface area contributed by atoms with Crippen molar-refractivity contribution in [2.75, 3.05) is 6.61 Å². The Hall–Kier alpha value is -3.29. The number of hydrogen-bond donors (Lipinski definition) is 1. The van der Waals surface area contributed by atoms with Crippen LogP contribution < -0.4 is 10.1 Å². The third kappa shape index (κ3) is 5.98. The smallest absolute Gasteiger partial charge is 0.258 e. The monoisotopic (exact) mass is 492 g/mol. The van der Waals surface area contributed by atoms with Crippen LogP contribution >= 0.6 is 23.4 Å². The van der Waals surface area contributed by atoms with Crippen molar-refractivity contribution in [1.29, 1.82) is 0 Å². The van der Waals surface area contributed by atoms with E-state index in [0.717, 1.165) is 22.2 Å². The molecule has 0 bridgehead atoms. The lowest BCUT2D eigenvalue weighted by atomic mass is 10.1. The highest BCUT2D eigenvalue weighted by Gasteiger charge is 2.18. The van der Waals surface area contributed by atoms with Crippen molar-refractivity contribution in [2.45, 2.75) is 31.3 Å². The molecule has 0 unspecified atom stereocenters. The van der Waals surface area contributed by atoms with E-state index in [0.29, 0.717) is 16.6 Å². The number of aryl methyl sites for hydroxylation is 2. The van der Waals surface area contributed by atoms with Crippen molar-refractivity contribution in [3.05, 3.63) is 100 Å². The molecule has 0 saturated heterocycles. The number of carbonyl (C=O) groups excluding carboxylic acids is 1. The number of rotatable bonds is 9. The fraction of sp³-hybridized carbons (Fsp3) is 0.192. The zero-order chi connectivity index (χ0) is 23.9. The Balaban J connectivity index is 1.52. The van der Waals surface area contributed by atoms with E-state index in [1.165, 1.54) is 11.1 Å². The molecule has 3 aromatic carbocycles. The number of hydrogen-bond acceptors (Lipinski definition) is 5. The standard InChI is InChI=1S/C26H25ClN4O2S/c1-18-8-6-7-9-20(18)17-34-26-30-29-24(31(26)23-14-21(27)13-12-19(23)2)15-28-25(32)16-33-22-10-4-3-5-11-22/h3-14H,15-17H2,1-2H3,(H,28,32). The number of nitrogens with one attached hydrogen (secondary N) is 1. The van der Waals surface area contributed by atoms with Crippen LogP contribution in [0, 0.1) is 13.8 Å². The minimum Gasteiger partial charge on any atom is -0.484 e. The Bertz CT molecular complexity index is 1280. The number of nitrogens with zero attached hydrogens (tertiary/aromatic N) is 3. The third-order valence-electron chi connectivity index (χ3n) is 5.29. The van der Waals surface area contributed by atoms with E-state index in [1.54, 1.807) is 11.8 Å². The minimum absolute atomic E-state index is 0.0801. The SMILES string of the molecule is Cc1ccccc1CSc1nnc(CNC(=O)COc2ccccc2)n1-c1cc(Cl)ccc1C. The van der Waals surface area contributed by atoms with Gasteiger partial charge >= 0.3 is 0 Å². The van der Waals surface area contributed by atoms with Gasteiger partial charge in [0.2, 0.25) is 0 Å². The number of aromatic nitrogens is 3. The molecule has 34 heavy (non-hydrogen) atoms. The average molecular weight is 493 g/mol. The fourth-order valence-electron chi connectivity index (χ4n) is 3.38. The molecule has 0 spiro atoms. The van der Waals surface area contributed by atoms with Crippen LogP contribution in [0.5, 0.6) is 5.75 Å². The molecule has 6 nitrogen and oxygen atoms in total. The summed E-state index contributed by atoms with van der Waals surface area (Å²) in [4.78, 5) is 12.4. The van der Waals surface area contributed by atoms with Crippen LogP contribution in [0.1, 0.15) is 22.5 Å². The topological polar surface area (TPSA) is 69.0 Å². The van der Waals surface area contributed by atoms with Gasteiger partial charge in [0.25, 0.3) is 5.91 Å². The average Bonchev–Trinajstić information content (AvgIpc) is 3.25. The van der Waals surface area contributed by atoms with Crippen molar-refractivity contribution < 1.29 is 9.53 Å². The summed E-state index contributed by atoms with van der Waals surface area (Å²) in [7, 11) is 0. The predicted molar refractivity (Wildman–Crippen MR) is 136 cm³/mol. The van der Waals surface area contributed by atoms with Gasteiger partial charge in [-0.3, -0.25) is 9.36 Å². The normalized spacial score (nSPS) is 10.8. The van der Waals surface area contributed by atoms with E-state index in [-0.39, 0.29) is 19.1 Å². The lowest BCUT2D eigenvalue weighted by Gasteiger charge is -2.14. The highest BCUT2D eigenvalue weighted by molar-refractivity contribution is 7.98. The molecule has 174 valence electrons. The first-order valence-corrected chi connectivity index (χ1v) is 12.2. The number of amides is 1. The van der Waals surface area contributed by atoms with Crippen LogP contribution in [0.15, 0.2) is 78.0 Å². The molecule has 4 aromatic rings. The third-order valence-corrected chi connectivity index (χ3v) is 6.50. The van der Waals surface area contributed by atoms with E-state index < -0.39 is 0 Å². The molecule has 8 heteroatoms. The van der Waals surface area contributed by atoms with E-state index in [2.05, 4.69) is 34.6 Å². The van der Waals surface area contributed by atoms with Gasteiger partial charge in [0.1, 0.15) is 5.75 Å². The zero-order valence-electron chi connectivity index (χ0n) is 19.0. The quantitative estimate of drug-likeness (QED) is 0.311. The summed E-state index contributed by atoms with van der Waals surface area (Å²) in [6.45, 7) is 4.24. The fourth-order valence-corrected chi connectivity index (χ4v) is 4.59. The Morgan fingerprint density at radius 1 is 1.00 bits per heavy atom. The number of benzene rings is 3. The molecule has 0 radical (unpaired) electrons. The van der Waals surface area contributed by atoms with Gasteiger partial charge in [0.15, 0.2) is 17.6 Å². The summed E-state index contributed by atoms with van der Waals surface area (Å²) in [5.41, 5.74) is 4.38. The van der Waals surface area contributed by atoms with E-state index in [9.17, 15) is 4.79 Å². The molecule has 0 atom stereocenters. The molecule has 0 aliphatic heterocycles. The summed E-state index contributed by atoms with van der Waals surface area (Å²) >= 11 is 7.91. The molecule has 1 N–H and O–H groups in total. The second-order valence-corrected chi connectivity index (χ2v) is 9.14. The Morgan fingerprint density at radius 3 is 2.56 bits per heavy atom. The first-order chi connectivity index (χ1) is 16.5. The molecule has 0 aliphatic rings. The maximum absolute atomic E-state index is 12.4. The second-order valence-electron chi connectivity index (χ2n) is 7.76. The van der Waals surface area contributed by atoms with Gasteiger partial charge in [-0.15, -0.1) is 10.2 Å². The first-order valence-electron chi connectivity index (χ1n) is 10.8. The summed E-state index contributed by atoms with van der Waals surface area (Å²) in [6, 6.07) is 23.2. The first kappa shape index (κ1) is 23.9. The van der Waals surface area contributed by atoms with E-state index in [1.807, 2.05) is 72.2 Å². The van der Waals surface area contributed by atoms with Gasteiger partial charge in [0, 0.05) is 10.8 Å². The maximum atomic E-state index is 12.4. The van der Waals surface area contributed by atoms with Crippen LogP contribution in [0.3, 0.4) is 0 Å². The van der Waals surface area contributed by atoms with E-state index in [4.69, 9.17) is 16.3 Å². The number of para-hydroxylation sites is 1. The van der Waals surface area contributed by atoms with Crippen LogP contribution in [-0.2, 0) is 17.1 Å². The molecular weight excluding hydrogens is 468 g/mol. The maximum Gasteiger partial charge on any atom is 0.258 e. The van der Waals surface area contributed by atoms with Crippen molar-refractivity contribution in [1.82, 2.24) is 20.1 Å². The molecule has 4 rings (SSSR count). The highest BCUT2D eigenvalue weighted by Crippen LogP contribution is 2.29. The molecule has 1 aromatic heterocycles. The van der Waals surface area contributed by atoms with Crippen LogP contribution in [-0.4, -0.2) is 27.3 Å². The van der Waals surface area contributed by atoms with Gasteiger partial charge < -0.3 is 10.1 Å². The van der Waals surface area contributed by atoms with Crippen molar-refractivity contribution in [2.24, 2.45) is 0 Å². The molecule has 0 saturated carbocycles. The summed E-state index contributed by atoms with van der Waals surface area (Å²) < 4.78 is 7.49. The Morgan fingerprint density at radius 2 is 1.76 bits per heavy atom. The lowest BCUT2D eigenvalue weighted by molar-refractivity contribution is -0.123. The van der Waals surface area contributed by atoms with Crippen LogP contribution in [0.2, 0.25) is 5.02 Å². The summed E-state index contributed by atoms with van der Waals surface area (Å²) in [5.74, 6) is 1.77. The Kier molecular flexibility index (Phi) is 7.87. The van der Waals surface area contributed by atoms with Crippen molar-refractivity contribution in [3.63, 3.8) is 0 Å². The number of halogens is 1. The van der Waals surface area contributed by atoms with Gasteiger partial charge in [-0.1, -0.05) is 71.9 Å². The van der Waals surface area contributed by atoms with Crippen molar-refractivity contribution >= 4 is 29.3 Å². The molecule has 1 amide bonds. The van der Waals surface area contributed by atoms with Gasteiger partial charge in [0.05, 0.1) is 12.2 Å². The lowest BCUT2D eigenvalue weighted by Crippen LogP contribution is -2.29. The van der Waals surface area contributed by atoms with Crippen LogP contribution in [0.4, 0.5) is 0 Å². The predicted octanol–water partition coefficient (Wildman–Crippen LogP) is 5.53. The second kappa shape index (κ2) is 11.2. The van der Waals surface area contributed by atoms with E-state index >= 15 is 0 Å². The largest absolute Gasteiger partial charge is 0.484 e. The number of ether oxygens (including phenoxy) is 1. The highest BCUT2D eigenvalue weighted by atomic mass is 35.5. The molecular formula is C26H25ClN4O2S. The van der Waals surface area contributed by atoms with Crippen molar-refractivity contribution in [3.8, 4) is 11.4 Å². The molecule has 0 fully saturated rings. The Labute approximate surface area is 208 Å². The van der Waals surface area contributed by atoms with Gasteiger partial charge in [-0.2, -0.15) is 0 Å². The number of carbonyl (C=O) groups is 1. The van der Waals surface area contributed by atoms with Crippen LogP contribution in [0.25, 0.3) is 5.69 Å². The molecule has 0 aliphatic carbocycles. The minimum atomic E-state index is -0.240. The summed E-state index contributed by atoms with van der Waals surface area (Å²) in [6.07, 6.45) is 0. The van der Waals surface area contributed by atoms with Gasteiger partial charge in [-0.25, -0.2) is 0 Å². The zero-order valence-corrected chi connectivity index (χ0v) is 20.6. The molecule has 1 heterocycles. The summed E-state index contributed by atoms with van der Waals surface area (Å²) in [5, 5.41) is 13.0.